The summed E-state index contributed by atoms with van der Waals surface area (Å²) in [6.07, 6.45) is 6.95. The number of hydrogen-bond acceptors (Lipinski definition) is 8. The maximum atomic E-state index is 12.7. The van der Waals surface area contributed by atoms with Gasteiger partial charge in [0.25, 0.3) is 5.91 Å². The lowest BCUT2D eigenvalue weighted by Gasteiger charge is -2.06. The van der Waals surface area contributed by atoms with Gasteiger partial charge in [0, 0.05) is 17.2 Å². The normalized spacial score (nSPS) is 14.1. The highest BCUT2D eigenvalue weighted by molar-refractivity contribution is 7.10. The summed E-state index contributed by atoms with van der Waals surface area (Å²) in [6, 6.07) is 16.6. The first-order chi connectivity index (χ1) is 20.4. The Labute approximate surface area is 246 Å². The molecule has 0 spiro atoms. The fourth-order valence-electron chi connectivity index (χ4n) is 3.98. The van der Waals surface area contributed by atoms with Gasteiger partial charge < -0.3 is 20.1 Å². The number of benzene rings is 2. The van der Waals surface area contributed by atoms with Crippen LogP contribution in [0.1, 0.15) is 41.3 Å². The van der Waals surface area contributed by atoms with Crippen LogP contribution in [-0.4, -0.2) is 33.8 Å². The van der Waals surface area contributed by atoms with Crippen molar-refractivity contribution in [2.75, 3.05) is 5.32 Å². The molecule has 2 aromatic heterocycles. The summed E-state index contributed by atoms with van der Waals surface area (Å²) < 4.78 is 11.6. The van der Waals surface area contributed by atoms with Gasteiger partial charge in [0.05, 0.1) is 11.2 Å². The predicted octanol–water partition coefficient (Wildman–Crippen LogP) is 5.10. The third-order valence-corrected chi connectivity index (χ3v) is 6.79. The van der Waals surface area contributed by atoms with Gasteiger partial charge in [0.2, 0.25) is 5.91 Å². The molecule has 42 heavy (non-hydrogen) atoms. The lowest BCUT2D eigenvalue weighted by Crippen LogP contribution is -2.23. The molecule has 2 amide bonds. The Kier molecular flexibility index (Phi) is 8.57. The van der Waals surface area contributed by atoms with Crippen molar-refractivity contribution in [1.29, 1.82) is 0 Å². The number of terminal acetylenes is 1. The number of anilines is 1. The summed E-state index contributed by atoms with van der Waals surface area (Å²) in [5, 5.41) is 8.69. The summed E-state index contributed by atoms with van der Waals surface area (Å²) in [4.78, 5) is 38.0. The number of rotatable bonds is 7. The molecule has 1 unspecified atom stereocenters. The van der Waals surface area contributed by atoms with Gasteiger partial charge >= 0.3 is 6.29 Å². The van der Waals surface area contributed by atoms with Gasteiger partial charge in [-0.1, -0.05) is 30.3 Å². The number of pyridine rings is 1. The number of aromatic nitrogens is 2. The van der Waals surface area contributed by atoms with E-state index in [1.165, 1.54) is 11.3 Å². The number of aryl methyl sites for hydroxylation is 1. The number of ether oxygens (including phenoxy) is 2. The van der Waals surface area contributed by atoms with E-state index in [2.05, 4.69) is 43.4 Å². The van der Waals surface area contributed by atoms with Gasteiger partial charge in [0.1, 0.15) is 17.3 Å². The van der Waals surface area contributed by atoms with E-state index < -0.39 is 6.29 Å². The number of allylic oxidation sites excluding steroid dienone is 1. The molecule has 0 radical (unpaired) electrons. The van der Waals surface area contributed by atoms with Gasteiger partial charge in [-0.3, -0.25) is 9.59 Å². The largest absolute Gasteiger partial charge is 0.440 e. The molecule has 0 fully saturated rings. The zero-order valence-corrected chi connectivity index (χ0v) is 23.6. The van der Waals surface area contributed by atoms with E-state index >= 15 is 0 Å². The average molecular weight is 576 g/mol. The Morgan fingerprint density at radius 2 is 1.95 bits per heavy atom. The van der Waals surface area contributed by atoms with E-state index in [-0.39, 0.29) is 23.9 Å². The molecule has 3 heterocycles. The van der Waals surface area contributed by atoms with Gasteiger partial charge in [0.15, 0.2) is 16.5 Å². The number of aliphatic imine (C=N–C) groups is 1. The molecular formula is C32H25N5O4S. The summed E-state index contributed by atoms with van der Waals surface area (Å²) in [7, 11) is 0. The fraction of sp³-hybridized carbons (Fsp3) is 0.156. The monoisotopic (exact) mass is 575 g/mol. The highest BCUT2D eigenvalue weighted by Crippen LogP contribution is 2.35. The van der Waals surface area contributed by atoms with Crippen LogP contribution in [0.15, 0.2) is 76.9 Å². The minimum atomic E-state index is -0.816. The van der Waals surface area contributed by atoms with Crippen molar-refractivity contribution < 1.29 is 19.1 Å². The molecule has 0 saturated carbocycles. The molecule has 1 aliphatic rings. The molecule has 0 aliphatic carbocycles. The zero-order chi connectivity index (χ0) is 29.5. The summed E-state index contributed by atoms with van der Waals surface area (Å²) in [5.41, 5.74) is 2.39. The molecule has 9 nitrogen and oxygen atoms in total. The van der Waals surface area contributed by atoms with Crippen molar-refractivity contribution >= 4 is 45.6 Å². The van der Waals surface area contributed by atoms with Crippen LogP contribution in [0.25, 0.3) is 10.9 Å². The highest BCUT2D eigenvalue weighted by atomic mass is 32.1. The van der Waals surface area contributed by atoms with Crippen molar-refractivity contribution in [1.82, 2.24) is 15.3 Å². The van der Waals surface area contributed by atoms with Gasteiger partial charge in [-0.2, -0.15) is 0 Å². The van der Waals surface area contributed by atoms with E-state index in [1.54, 1.807) is 37.4 Å². The van der Waals surface area contributed by atoms with Crippen molar-refractivity contribution in [3.8, 4) is 35.7 Å². The second-order valence-electron chi connectivity index (χ2n) is 9.06. The summed E-state index contributed by atoms with van der Waals surface area (Å²) in [6.45, 7) is 3.49. The highest BCUT2D eigenvalue weighted by Gasteiger charge is 2.22. The molecular weight excluding hydrogens is 550 g/mol. The van der Waals surface area contributed by atoms with Crippen LogP contribution in [0.4, 0.5) is 5.82 Å². The number of hydrogen-bond donors (Lipinski definition) is 2. The number of nitrogens with one attached hydrogen (secondary N) is 2. The van der Waals surface area contributed by atoms with E-state index in [9.17, 15) is 9.59 Å². The van der Waals surface area contributed by atoms with Crippen LogP contribution in [-0.2, 0) is 11.2 Å². The Bertz CT molecular complexity index is 1840. The van der Waals surface area contributed by atoms with Gasteiger partial charge in [-0.25, -0.2) is 15.0 Å². The standard InChI is InChI=1S/C32H25N5O4S/c1-4-27(37-32(39)24-14-13-22-8-6-7-9-23(22)34-24)33-20(3)10-17-31-40-25-15-11-21(18-26(25)41-31)12-16-29(38)35-28-19-42-30(5-2)36-28/h2,4,6-9,11,13-15,18-19,31H,12,16H2,1,3H3,(H,35,38)(H,37,39)/b27-4+,33-20?. The topological polar surface area (TPSA) is 115 Å². The lowest BCUT2D eigenvalue weighted by molar-refractivity contribution is -0.116. The smallest absolute Gasteiger partial charge is 0.306 e. The SMILES string of the molecule is C#Cc1nc(NC(=O)CCc2ccc3c(c2)OC(C#CC(C)=N/C(=C\C)NC(=O)c2ccc4ccccc4n2)O3)cs1. The van der Waals surface area contributed by atoms with Crippen molar-refractivity contribution in [3.63, 3.8) is 0 Å². The quantitative estimate of drug-likeness (QED) is 0.234. The summed E-state index contributed by atoms with van der Waals surface area (Å²) >= 11 is 1.30. The zero-order valence-electron chi connectivity index (χ0n) is 22.8. The first kappa shape index (κ1) is 28.1. The number of nitrogens with zero attached hydrogens (tertiary/aromatic N) is 3. The number of para-hydroxylation sites is 1. The van der Waals surface area contributed by atoms with Crippen LogP contribution in [0.5, 0.6) is 11.5 Å². The molecule has 2 aromatic carbocycles. The van der Waals surface area contributed by atoms with E-state index in [0.29, 0.717) is 40.3 Å². The van der Waals surface area contributed by atoms with Crippen LogP contribution in [0, 0.1) is 24.2 Å². The van der Waals surface area contributed by atoms with Crippen LogP contribution in [0.3, 0.4) is 0 Å². The lowest BCUT2D eigenvalue weighted by atomic mass is 10.1. The molecule has 5 rings (SSSR count). The third kappa shape index (κ3) is 7.00. The molecule has 1 atom stereocenters. The maximum absolute atomic E-state index is 12.7. The molecule has 208 valence electrons. The Balaban J connectivity index is 1.14. The maximum Gasteiger partial charge on any atom is 0.306 e. The Morgan fingerprint density at radius 1 is 1.12 bits per heavy atom. The number of carbonyl (C=O) groups excluding carboxylic acids is 2. The third-order valence-electron chi connectivity index (χ3n) is 6.02. The van der Waals surface area contributed by atoms with E-state index in [0.717, 1.165) is 16.5 Å². The molecule has 2 N–H and O–H groups in total. The summed E-state index contributed by atoms with van der Waals surface area (Å²) in [5.74, 6) is 9.64. The number of amides is 2. The molecule has 0 bridgehead atoms. The van der Waals surface area contributed by atoms with Crippen LogP contribution >= 0.6 is 11.3 Å². The van der Waals surface area contributed by atoms with Gasteiger partial charge in [-0.05, 0) is 73.9 Å². The van der Waals surface area contributed by atoms with Crippen molar-refractivity contribution in [2.45, 2.75) is 33.0 Å². The molecule has 10 heteroatoms. The number of thiazole rings is 1. The number of carbonyl (C=O) groups is 2. The first-order valence-electron chi connectivity index (χ1n) is 13.0. The minimum absolute atomic E-state index is 0.162. The van der Waals surface area contributed by atoms with E-state index in [1.807, 2.05) is 42.5 Å². The molecule has 1 aliphatic heterocycles. The van der Waals surface area contributed by atoms with Crippen molar-refractivity contribution in [3.05, 3.63) is 88.1 Å². The van der Waals surface area contributed by atoms with E-state index in [4.69, 9.17) is 15.9 Å². The number of fused-ring (bicyclic) bond motifs is 2. The minimum Gasteiger partial charge on any atom is -0.440 e. The van der Waals surface area contributed by atoms with Crippen LogP contribution in [0.2, 0.25) is 0 Å². The second-order valence-corrected chi connectivity index (χ2v) is 9.92. The fourth-order valence-corrected chi connectivity index (χ4v) is 4.54. The Morgan fingerprint density at radius 3 is 2.76 bits per heavy atom. The molecule has 0 saturated heterocycles. The van der Waals surface area contributed by atoms with Gasteiger partial charge in [-0.15, -0.1) is 17.8 Å². The second kappa shape index (κ2) is 12.8. The molecule has 4 aromatic rings. The van der Waals surface area contributed by atoms with Crippen LogP contribution < -0.4 is 20.1 Å². The predicted molar refractivity (Wildman–Crippen MR) is 162 cm³/mol. The Hall–Kier alpha value is -5.45. The average Bonchev–Trinajstić information content (AvgIpc) is 3.64. The van der Waals surface area contributed by atoms with Crippen molar-refractivity contribution in [2.24, 2.45) is 4.99 Å². The first-order valence-corrected chi connectivity index (χ1v) is 13.9.